The van der Waals surface area contributed by atoms with Gasteiger partial charge in [0, 0.05) is 31.5 Å². The smallest absolute Gasteiger partial charge is 0.410 e. The van der Waals surface area contributed by atoms with Crippen LogP contribution in [0.15, 0.2) is 36.4 Å². The van der Waals surface area contributed by atoms with Crippen LogP contribution in [0, 0.1) is 5.92 Å². The van der Waals surface area contributed by atoms with Gasteiger partial charge in [-0.1, -0.05) is 55.7 Å². The Hall–Kier alpha value is -4.22. The largest absolute Gasteiger partial charge is 0.444 e. The van der Waals surface area contributed by atoms with E-state index < -0.39 is 75.4 Å². The van der Waals surface area contributed by atoms with E-state index in [1.807, 2.05) is 24.3 Å². The van der Waals surface area contributed by atoms with Crippen LogP contribution < -0.4 is 20.1 Å². The lowest BCUT2D eigenvalue weighted by molar-refractivity contribution is -0.141. The standard InChI is InChI=1S/C42H61N7O9S/c1-41(2,3)58-39(53)43-33-17-9-6-4-5-8-15-29-25-42(29,38(52)46-59(55,56)45-30-18-19-30)44-36(50)34-24-31(26-49(34)37(33)51)57-40(54)48-23-20-28-14-10-11-16-32(28)35(48)27-47-21-12-7-13-22-47/h8,10-11,14-16,29-31,33-35,45H,4-7,9,12-13,17-27H2,1-3H3,(H,43,53)(H,44,50)(H,46,52)/b15-8-/t29?,31-,33+,34+,35?,42-/m1/s1. The van der Waals surface area contributed by atoms with Crippen LogP contribution in [-0.4, -0.2) is 121 Å². The monoisotopic (exact) mass is 839 g/mol. The van der Waals surface area contributed by atoms with Gasteiger partial charge in [0.1, 0.15) is 29.3 Å². The van der Waals surface area contributed by atoms with Crippen molar-refractivity contribution in [1.82, 2.24) is 34.8 Å². The SMILES string of the molecule is CC(C)(C)OC(=O)N[C@H]1CCCCC/C=C\C2C[C@@]2(C(=O)NS(=O)(=O)NC2CC2)NC(=O)[C@@H]2C[C@@H](OC(=O)N3CCc4ccccc4C3CN3CCCCC3)CN2C1=O. The van der Waals surface area contributed by atoms with Crippen molar-refractivity contribution in [2.45, 2.75) is 146 Å². The summed E-state index contributed by atoms with van der Waals surface area (Å²) in [5.74, 6) is -2.57. The second-order valence-electron chi connectivity index (χ2n) is 18.1. The number of nitrogens with one attached hydrogen (secondary N) is 4. The van der Waals surface area contributed by atoms with Gasteiger partial charge in [0.15, 0.2) is 0 Å². The Labute approximate surface area is 347 Å². The Morgan fingerprint density at radius 1 is 0.966 bits per heavy atom. The molecule has 324 valence electrons. The predicted molar refractivity (Wildman–Crippen MR) is 218 cm³/mol. The minimum Gasteiger partial charge on any atom is -0.444 e. The minimum absolute atomic E-state index is 0.0660. The Bertz CT molecular complexity index is 1890. The van der Waals surface area contributed by atoms with Gasteiger partial charge in [0.25, 0.3) is 5.91 Å². The highest BCUT2D eigenvalue weighted by molar-refractivity contribution is 7.88. The molecule has 2 saturated heterocycles. The first-order valence-corrected chi connectivity index (χ1v) is 23.0. The van der Waals surface area contributed by atoms with Gasteiger partial charge in [-0.2, -0.15) is 13.1 Å². The first kappa shape index (κ1) is 42.9. The van der Waals surface area contributed by atoms with Gasteiger partial charge >= 0.3 is 22.4 Å². The van der Waals surface area contributed by atoms with Crippen LogP contribution in [0.2, 0.25) is 0 Å². The number of fused-ring (bicyclic) bond motifs is 3. The fourth-order valence-electron chi connectivity index (χ4n) is 8.94. The molecular weight excluding hydrogens is 779 g/mol. The summed E-state index contributed by atoms with van der Waals surface area (Å²) in [6.45, 7) is 8.06. The van der Waals surface area contributed by atoms with Crippen LogP contribution >= 0.6 is 0 Å². The number of likely N-dealkylation sites (tertiary alicyclic amines) is 1. The summed E-state index contributed by atoms with van der Waals surface area (Å²) in [6.07, 6.45) is 10.1. The van der Waals surface area contributed by atoms with Crippen molar-refractivity contribution in [2.75, 3.05) is 32.7 Å². The Morgan fingerprint density at radius 3 is 2.46 bits per heavy atom. The maximum atomic E-state index is 14.6. The van der Waals surface area contributed by atoms with Crippen molar-refractivity contribution in [2.24, 2.45) is 5.92 Å². The van der Waals surface area contributed by atoms with Gasteiger partial charge in [0.05, 0.1) is 12.6 Å². The summed E-state index contributed by atoms with van der Waals surface area (Å²) in [4.78, 5) is 75.7. The van der Waals surface area contributed by atoms with Gasteiger partial charge in [0.2, 0.25) is 11.8 Å². The van der Waals surface area contributed by atoms with Crippen molar-refractivity contribution in [3.05, 3.63) is 47.5 Å². The van der Waals surface area contributed by atoms with Crippen molar-refractivity contribution in [3.8, 4) is 0 Å². The van der Waals surface area contributed by atoms with Crippen LogP contribution in [0.4, 0.5) is 9.59 Å². The molecule has 0 aromatic heterocycles. The summed E-state index contributed by atoms with van der Waals surface area (Å²) in [7, 11) is -4.19. The summed E-state index contributed by atoms with van der Waals surface area (Å²) < 4.78 is 42.1. The number of rotatable bonds is 8. The molecule has 2 saturated carbocycles. The van der Waals surface area contributed by atoms with Crippen molar-refractivity contribution in [1.29, 1.82) is 0 Å². The molecule has 6 aliphatic rings. The third-order valence-electron chi connectivity index (χ3n) is 12.3. The van der Waals surface area contributed by atoms with Crippen LogP contribution in [0.25, 0.3) is 0 Å². The molecular formula is C42H61N7O9S. The van der Waals surface area contributed by atoms with Crippen molar-refractivity contribution in [3.63, 3.8) is 0 Å². The highest BCUT2D eigenvalue weighted by Gasteiger charge is 2.62. The molecule has 1 aromatic carbocycles. The number of carbonyl (C=O) groups excluding carboxylic acids is 5. The molecule has 4 N–H and O–H groups in total. The van der Waals surface area contributed by atoms with Gasteiger partial charge < -0.3 is 29.9 Å². The highest BCUT2D eigenvalue weighted by Crippen LogP contribution is 2.46. The molecule has 6 atom stereocenters. The lowest BCUT2D eigenvalue weighted by atomic mass is 9.92. The summed E-state index contributed by atoms with van der Waals surface area (Å²) in [6, 6.07) is 5.43. The van der Waals surface area contributed by atoms with Gasteiger partial charge in [-0.25, -0.2) is 14.3 Å². The van der Waals surface area contributed by atoms with E-state index in [4.69, 9.17) is 9.47 Å². The molecule has 17 heteroatoms. The second kappa shape index (κ2) is 17.8. The summed E-state index contributed by atoms with van der Waals surface area (Å²) in [5, 5.41) is 5.59. The number of nitrogens with zero attached hydrogens (tertiary/aromatic N) is 3. The molecule has 0 bridgehead atoms. The van der Waals surface area contributed by atoms with Crippen LogP contribution in [-0.2, 0) is 40.5 Å². The van der Waals surface area contributed by atoms with E-state index in [1.54, 1.807) is 25.7 Å². The van der Waals surface area contributed by atoms with Gasteiger partial charge in [-0.05, 0) is 103 Å². The van der Waals surface area contributed by atoms with Crippen LogP contribution in [0.5, 0.6) is 0 Å². The van der Waals surface area contributed by atoms with Crippen molar-refractivity contribution < 1.29 is 41.9 Å². The first-order valence-electron chi connectivity index (χ1n) is 21.5. The van der Waals surface area contributed by atoms with E-state index in [2.05, 4.69) is 37.1 Å². The Kier molecular flexibility index (Phi) is 12.9. The Balaban J connectivity index is 1.14. The molecule has 1 aromatic rings. The van der Waals surface area contributed by atoms with E-state index in [9.17, 15) is 32.4 Å². The normalized spacial score (nSPS) is 30.0. The zero-order valence-electron chi connectivity index (χ0n) is 34.6. The van der Waals surface area contributed by atoms with E-state index >= 15 is 0 Å². The third kappa shape index (κ3) is 10.8. The molecule has 7 rings (SSSR count). The van der Waals surface area contributed by atoms with E-state index in [1.165, 1.54) is 16.9 Å². The molecule has 59 heavy (non-hydrogen) atoms. The van der Waals surface area contributed by atoms with Crippen molar-refractivity contribution >= 4 is 40.1 Å². The number of amides is 5. The molecule has 5 amide bonds. The second-order valence-corrected chi connectivity index (χ2v) is 19.6. The average molecular weight is 840 g/mol. The van der Waals surface area contributed by atoms with Gasteiger partial charge in [-0.3, -0.25) is 19.3 Å². The number of alkyl carbamates (subject to hydrolysis) is 1. The number of allylic oxidation sites excluding steroid dienone is 1. The topological polar surface area (TPSA) is 196 Å². The highest BCUT2D eigenvalue weighted by atomic mass is 32.2. The fourth-order valence-corrected chi connectivity index (χ4v) is 10.1. The molecule has 16 nitrogen and oxygen atoms in total. The number of benzene rings is 1. The third-order valence-corrected chi connectivity index (χ3v) is 13.4. The number of piperidine rings is 1. The number of hydrogen-bond acceptors (Lipinski definition) is 10. The molecule has 0 spiro atoms. The maximum absolute atomic E-state index is 14.6. The quantitative estimate of drug-likeness (QED) is 0.281. The zero-order chi connectivity index (χ0) is 42.0. The number of carbonyl (C=O) groups is 5. The molecule has 4 fully saturated rings. The Morgan fingerprint density at radius 2 is 1.71 bits per heavy atom. The minimum atomic E-state index is -4.19. The lowest BCUT2D eigenvalue weighted by Gasteiger charge is -2.40. The van der Waals surface area contributed by atoms with Crippen LogP contribution in [0.3, 0.4) is 0 Å². The molecule has 2 unspecified atom stereocenters. The zero-order valence-corrected chi connectivity index (χ0v) is 35.4. The maximum Gasteiger partial charge on any atom is 0.410 e. The molecule has 2 aliphatic carbocycles. The lowest BCUT2D eigenvalue weighted by Crippen LogP contribution is -2.59. The summed E-state index contributed by atoms with van der Waals surface area (Å²) in [5.41, 5.74) is -0.130. The van der Waals surface area contributed by atoms with E-state index in [0.29, 0.717) is 45.2 Å². The van der Waals surface area contributed by atoms with E-state index in [0.717, 1.165) is 44.3 Å². The van der Waals surface area contributed by atoms with E-state index in [-0.39, 0.29) is 37.9 Å². The molecule has 4 heterocycles. The van der Waals surface area contributed by atoms with Gasteiger partial charge in [-0.15, -0.1) is 0 Å². The average Bonchev–Trinajstić information content (AvgIpc) is 4.08. The van der Waals surface area contributed by atoms with Crippen LogP contribution in [0.1, 0.15) is 115 Å². The number of ether oxygens (including phenoxy) is 2. The fraction of sp³-hybridized carbons (Fsp3) is 0.690. The predicted octanol–water partition coefficient (Wildman–Crippen LogP) is 3.58. The summed E-state index contributed by atoms with van der Waals surface area (Å²) >= 11 is 0. The number of hydrogen-bond donors (Lipinski definition) is 4. The molecule has 0 radical (unpaired) electrons. The molecule has 4 aliphatic heterocycles. The first-order chi connectivity index (χ1) is 28.1.